The monoisotopic (exact) mass is 236 g/mol. The van der Waals surface area contributed by atoms with Crippen LogP contribution in [0.25, 0.3) is 0 Å². The normalized spacial score (nSPS) is 32.1. The van der Waals surface area contributed by atoms with E-state index in [9.17, 15) is 4.79 Å². The first-order chi connectivity index (χ1) is 7.59. The summed E-state index contributed by atoms with van der Waals surface area (Å²) in [5.74, 6) is 0.242. The average Bonchev–Trinajstić information content (AvgIpc) is 2.68. The van der Waals surface area contributed by atoms with E-state index in [-0.39, 0.29) is 12.1 Å². The maximum atomic E-state index is 11.9. The number of rotatable bonds is 2. The number of thiophene rings is 1. The number of nitrogens with one attached hydrogen (secondary N) is 1. The van der Waals surface area contributed by atoms with Crippen LogP contribution in [0.15, 0.2) is 16.8 Å². The molecule has 1 saturated carbocycles. The van der Waals surface area contributed by atoms with Gasteiger partial charge in [0, 0.05) is 6.04 Å². The molecule has 86 valence electrons. The van der Waals surface area contributed by atoms with Gasteiger partial charge in [-0.2, -0.15) is 11.3 Å². The van der Waals surface area contributed by atoms with Crippen molar-refractivity contribution in [2.45, 2.75) is 32.5 Å². The molecule has 1 aromatic rings. The standard InChI is InChI=1S/C12H16N2OS/c1-12(2)5-9(12)14-10(15)6-13-11(14)8-3-4-16-7-8/h3-4,7,9,11,13H,5-6H2,1-2H3. The van der Waals surface area contributed by atoms with Gasteiger partial charge in [-0.3, -0.25) is 10.1 Å². The quantitative estimate of drug-likeness (QED) is 0.851. The Hall–Kier alpha value is -0.870. The Morgan fingerprint density at radius 2 is 2.31 bits per heavy atom. The van der Waals surface area contributed by atoms with Crippen LogP contribution < -0.4 is 5.32 Å². The Kier molecular flexibility index (Phi) is 2.13. The molecule has 2 heterocycles. The molecule has 0 aromatic carbocycles. The fraction of sp³-hybridized carbons (Fsp3) is 0.583. The molecule has 3 nitrogen and oxygen atoms in total. The van der Waals surface area contributed by atoms with E-state index < -0.39 is 0 Å². The molecule has 2 atom stereocenters. The van der Waals surface area contributed by atoms with Gasteiger partial charge >= 0.3 is 0 Å². The molecule has 2 aliphatic rings. The van der Waals surface area contributed by atoms with Gasteiger partial charge in [0.05, 0.1) is 6.54 Å². The van der Waals surface area contributed by atoms with Gasteiger partial charge in [-0.1, -0.05) is 13.8 Å². The molecular weight excluding hydrogens is 220 g/mol. The van der Waals surface area contributed by atoms with Crippen LogP contribution in [0, 0.1) is 5.41 Å². The van der Waals surface area contributed by atoms with Crippen molar-refractivity contribution >= 4 is 17.2 Å². The van der Waals surface area contributed by atoms with E-state index >= 15 is 0 Å². The largest absolute Gasteiger partial charge is 0.318 e. The fourth-order valence-electron chi connectivity index (χ4n) is 2.49. The van der Waals surface area contributed by atoms with E-state index in [1.807, 2.05) is 4.90 Å². The van der Waals surface area contributed by atoms with Gasteiger partial charge in [0.1, 0.15) is 6.17 Å². The van der Waals surface area contributed by atoms with E-state index in [1.54, 1.807) is 11.3 Å². The summed E-state index contributed by atoms with van der Waals surface area (Å²) in [7, 11) is 0. The summed E-state index contributed by atoms with van der Waals surface area (Å²) in [5.41, 5.74) is 1.52. The van der Waals surface area contributed by atoms with Crippen molar-refractivity contribution in [3.63, 3.8) is 0 Å². The first kappa shape index (κ1) is 10.3. The molecule has 1 amide bonds. The molecule has 1 aliphatic heterocycles. The lowest BCUT2D eigenvalue weighted by Gasteiger charge is -2.25. The zero-order chi connectivity index (χ0) is 11.3. The van der Waals surface area contributed by atoms with Crippen LogP contribution in [0.4, 0.5) is 0 Å². The minimum Gasteiger partial charge on any atom is -0.318 e. The topological polar surface area (TPSA) is 32.3 Å². The van der Waals surface area contributed by atoms with Gasteiger partial charge in [-0.05, 0) is 34.2 Å². The Morgan fingerprint density at radius 1 is 1.56 bits per heavy atom. The summed E-state index contributed by atoms with van der Waals surface area (Å²) in [6.07, 6.45) is 1.23. The van der Waals surface area contributed by atoms with Crippen molar-refractivity contribution < 1.29 is 4.79 Å². The number of carbonyl (C=O) groups excluding carboxylic acids is 1. The molecule has 3 rings (SSSR count). The van der Waals surface area contributed by atoms with Crippen LogP contribution in [-0.2, 0) is 4.79 Å². The maximum Gasteiger partial charge on any atom is 0.238 e. The number of nitrogens with zero attached hydrogens (tertiary/aromatic N) is 1. The molecule has 1 aliphatic carbocycles. The molecule has 1 aromatic heterocycles. The first-order valence-electron chi connectivity index (χ1n) is 5.66. The van der Waals surface area contributed by atoms with Gasteiger partial charge in [-0.25, -0.2) is 0 Å². The van der Waals surface area contributed by atoms with E-state index in [0.717, 1.165) is 6.42 Å². The lowest BCUT2D eigenvalue weighted by atomic mass is 10.1. The van der Waals surface area contributed by atoms with Gasteiger partial charge in [0.2, 0.25) is 5.91 Å². The van der Waals surface area contributed by atoms with Crippen LogP contribution in [-0.4, -0.2) is 23.4 Å². The molecule has 2 unspecified atom stereocenters. The maximum absolute atomic E-state index is 11.9. The lowest BCUT2D eigenvalue weighted by molar-refractivity contribution is -0.129. The second-order valence-electron chi connectivity index (χ2n) is 5.35. The van der Waals surface area contributed by atoms with E-state index in [1.165, 1.54) is 5.56 Å². The minimum atomic E-state index is 0.102. The molecule has 4 heteroatoms. The highest BCUT2D eigenvalue weighted by atomic mass is 32.1. The smallest absolute Gasteiger partial charge is 0.238 e. The van der Waals surface area contributed by atoms with Crippen LogP contribution >= 0.6 is 11.3 Å². The summed E-state index contributed by atoms with van der Waals surface area (Å²) in [6.45, 7) is 4.94. The Balaban J connectivity index is 1.87. The molecule has 1 N–H and O–H groups in total. The summed E-state index contributed by atoms with van der Waals surface area (Å²) >= 11 is 1.68. The molecule has 0 spiro atoms. The van der Waals surface area contributed by atoms with Crippen molar-refractivity contribution in [1.82, 2.24) is 10.2 Å². The first-order valence-corrected chi connectivity index (χ1v) is 6.60. The van der Waals surface area contributed by atoms with E-state index in [2.05, 4.69) is 36.0 Å². The van der Waals surface area contributed by atoms with Crippen LogP contribution in [0.5, 0.6) is 0 Å². The van der Waals surface area contributed by atoms with Crippen LogP contribution in [0.2, 0.25) is 0 Å². The third-order valence-corrected chi connectivity index (χ3v) is 4.37. The minimum absolute atomic E-state index is 0.102. The average molecular weight is 236 g/mol. The number of hydrogen-bond acceptors (Lipinski definition) is 3. The summed E-state index contributed by atoms with van der Waals surface area (Å²) in [4.78, 5) is 14.0. The molecule has 0 bridgehead atoms. The Bertz CT molecular complexity index is 413. The highest BCUT2D eigenvalue weighted by Crippen LogP contribution is 2.51. The Morgan fingerprint density at radius 3 is 2.88 bits per heavy atom. The predicted octanol–water partition coefficient (Wildman–Crippen LogP) is 1.98. The number of carbonyl (C=O) groups is 1. The van der Waals surface area contributed by atoms with Crippen LogP contribution in [0.3, 0.4) is 0 Å². The number of hydrogen-bond donors (Lipinski definition) is 1. The summed E-state index contributed by atoms with van der Waals surface area (Å²) in [6, 6.07) is 2.52. The lowest BCUT2D eigenvalue weighted by Crippen LogP contribution is -2.34. The Labute approximate surface area is 99.5 Å². The van der Waals surface area contributed by atoms with Crippen LogP contribution in [0.1, 0.15) is 32.0 Å². The molecule has 2 fully saturated rings. The third kappa shape index (κ3) is 1.48. The highest BCUT2D eigenvalue weighted by Gasteiger charge is 2.54. The van der Waals surface area contributed by atoms with Crippen molar-refractivity contribution in [2.75, 3.05) is 6.54 Å². The van der Waals surface area contributed by atoms with E-state index in [0.29, 0.717) is 18.0 Å². The molecule has 16 heavy (non-hydrogen) atoms. The van der Waals surface area contributed by atoms with Crippen molar-refractivity contribution in [3.05, 3.63) is 22.4 Å². The van der Waals surface area contributed by atoms with Gasteiger partial charge in [0.25, 0.3) is 0 Å². The molecule has 1 saturated heterocycles. The highest BCUT2D eigenvalue weighted by molar-refractivity contribution is 7.07. The van der Waals surface area contributed by atoms with Crippen molar-refractivity contribution in [3.8, 4) is 0 Å². The SMILES string of the molecule is CC1(C)CC1N1C(=O)CNC1c1ccsc1. The third-order valence-electron chi connectivity index (χ3n) is 3.67. The van der Waals surface area contributed by atoms with Gasteiger partial charge in [-0.15, -0.1) is 0 Å². The van der Waals surface area contributed by atoms with Gasteiger partial charge in [0.15, 0.2) is 0 Å². The van der Waals surface area contributed by atoms with Crippen molar-refractivity contribution in [2.24, 2.45) is 5.41 Å². The zero-order valence-electron chi connectivity index (χ0n) is 9.56. The molecular formula is C12H16N2OS. The second kappa shape index (κ2) is 3.31. The predicted molar refractivity (Wildman–Crippen MR) is 64.1 cm³/mol. The fourth-order valence-corrected chi connectivity index (χ4v) is 3.17. The zero-order valence-corrected chi connectivity index (χ0v) is 10.4. The van der Waals surface area contributed by atoms with Gasteiger partial charge < -0.3 is 4.90 Å². The summed E-state index contributed by atoms with van der Waals surface area (Å²) < 4.78 is 0. The summed E-state index contributed by atoms with van der Waals surface area (Å²) in [5, 5.41) is 7.49. The number of amides is 1. The van der Waals surface area contributed by atoms with E-state index in [4.69, 9.17) is 0 Å². The second-order valence-corrected chi connectivity index (χ2v) is 6.13. The molecule has 0 radical (unpaired) electrons. The van der Waals surface area contributed by atoms with Crippen molar-refractivity contribution in [1.29, 1.82) is 0 Å².